The van der Waals surface area contributed by atoms with Gasteiger partial charge >= 0.3 is 0 Å². The highest BCUT2D eigenvalue weighted by Crippen LogP contribution is 2.25. The Morgan fingerprint density at radius 1 is 1.45 bits per heavy atom. The van der Waals surface area contributed by atoms with Crippen LogP contribution in [-0.2, 0) is 19.6 Å². The molecule has 1 atom stereocenters. The Labute approximate surface area is 117 Å². The molecule has 1 unspecified atom stereocenters. The normalized spacial score (nSPS) is 20.6. The summed E-state index contributed by atoms with van der Waals surface area (Å²) in [4.78, 5) is 11.8. The minimum atomic E-state index is -3.83. The summed E-state index contributed by atoms with van der Waals surface area (Å²) in [6, 6.07) is 5.32. The van der Waals surface area contributed by atoms with Gasteiger partial charge in [-0.1, -0.05) is 12.1 Å². The van der Waals surface area contributed by atoms with Crippen molar-refractivity contribution in [1.29, 1.82) is 0 Å². The van der Waals surface area contributed by atoms with Crippen LogP contribution in [0.2, 0.25) is 0 Å². The number of likely N-dealkylation sites (N-methyl/N-ethyl adjacent to an activating group) is 1. The first-order chi connectivity index (χ1) is 9.48. The highest BCUT2D eigenvalue weighted by Gasteiger charge is 2.38. The predicted molar refractivity (Wildman–Crippen MR) is 73.4 cm³/mol. The molecule has 1 aromatic carbocycles. The fourth-order valence-corrected chi connectivity index (χ4v) is 3.77. The van der Waals surface area contributed by atoms with E-state index in [2.05, 4.69) is 5.32 Å². The molecule has 0 aliphatic carbocycles. The van der Waals surface area contributed by atoms with E-state index < -0.39 is 22.0 Å². The summed E-state index contributed by atoms with van der Waals surface area (Å²) in [5.41, 5.74) is 5.89. The van der Waals surface area contributed by atoms with E-state index in [1.54, 1.807) is 12.1 Å². The number of rotatable bonds is 3. The number of carbonyl (C=O) groups excluding carboxylic acids is 1. The molecule has 1 aliphatic heterocycles. The SMILES string of the molecule is CNC(=O)C1COCCN1S(=O)(=O)c1ccccc1N. The van der Waals surface area contributed by atoms with Gasteiger partial charge < -0.3 is 15.8 Å². The average Bonchev–Trinajstić information content (AvgIpc) is 2.46. The van der Waals surface area contributed by atoms with E-state index in [-0.39, 0.29) is 30.3 Å². The fourth-order valence-electron chi connectivity index (χ4n) is 2.09. The van der Waals surface area contributed by atoms with Crippen molar-refractivity contribution in [2.45, 2.75) is 10.9 Å². The molecule has 0 saturated carbocycles. The number of morpholine rings is 1. The van der Waals surface area contributed by atoms with Gasteiger partial charge in [-0.15, -0.1) is 0 Å². The van der Waals surface area contributed by atoms with Crippen LogP contribution in [0.4, 0.5) is 5.69 Å². The first kappa shape index (κ1) is 14.8. The molecule has 3 N–H and O–H groups in total. The van der Waals surface area contributed by atoms with Gasteiger partial charge in [-0.05, 0) is 12.1 Å². The molecule has 0 bridgehead atoms. The highest BCUT2D eigenvalue weighted by molar-refractivity contribution is 7.89. The first-order valence-corrected chi connectivity index (χ1v) is 7.58. The molecular weight excluding hydrogens is 282 g/mol. The van der Waals surface area contributed by atoms with Gasteiger partial charge in [-0.3, -0.25) is 4.79 Å². The lowest BCUT2D eigenvalue weighted by Gasteiger charge is -2.33. The summed E-state index contributed by atoms with van der Waals surface area (Å²) in [6.45, 7) is 0.403. The Morgan fingerprint density at radius 2 is 2.15 bits per heavy atom. The first-order valence-electron chi connectivity index (χ1n) is 6.14. The number of nitrogens with two attached hydrogens (primary N) is 1. The summed E-state index contributed by atoms with van der Waals surface area (Å²) in [5.74, 6) is -0.400. The van der Waals surface area contributed by atoms with Crippen molar-refractivity contribution in [3.05, 3.63) is 24.3 Å². The molecule has 1 aromatic rings. The van der Waals surface area contributed by atoms with Gasteiger partial charge in [0.25, 0.3) is 0 Å². The maximum Gasteiger partial charge on any atom is 0.246 e. The molecule has 110 valence electrons. The quantitative estimate of drug-likeness (QED) is 0.726. The summed E-state index contributed by atoms with van der Waals surface area (Å²) < 4.78 is 31.6. The van der Waals surface area contributed by atoms with Gasteiger partial charge in [0.05, 0.1) is 18.9 Å². The molecule has 8 heteroatoms. The number of benzene rings is 1. The van der Waals surface area contributed by atoms with Crippen molar-refractivity contribution in [3.63, 3.8) is 0 Å². The van der Waals surface area contributed by atoms with Crippen molar-refractivity contribution in [2.24, 2.45) is 0 Å². The van der Waals surface area contributed by atoms with E-state index >= 15 is 0 Å². The van der Waals surface area contributed by atoms with Gasteiger partial charge in [-0.25, -0.2) is 8.42 Å². The largest absolute Gasteiger partial charge is 0.398 e. The standard InChI is InChI=1S/C12H17N3O4S/c1-14-12(16)10-8-19-7-6-15(10)20(17,18)11-5-3-2-4-9(11)13/h2-5,10H,6-8,13H2,1H3,(H,14,16). The van der Waals surface area contributed by atoms with Crippen molar-refractivity contribution >= 4 is 21.6 Å². The Morgan fingerprint density at radius 3 is 2.80 bits per heavy atom. The number of amides is 1. The van der Waals surface area contributed by atoms with E-state index in [0.29, 0.717) is 0 Å². The van der Waals surface area contributed by atoms with E-state index in [0.717, 1.165) is 4.31 Å². The number of hydrogen-bond donors (Lipinski definition) is 2. The van der Waals surface area contributed by atoms with E-state index in [4.69, 9.17) is 10.5 Å². The molecule has 0 spiro atoms. The lowest BCUT2D eigenvalue weighted by Crippen LogP contribution is -2.55. The number of carbonyl (C=O) groups is 1. The molecule has 1 fully saturated rings. The minimum absolute atomic E-state index is 0.0100. The van der Waals surface area contributed by atoms with Crippen LogP contribution < -0.4 is 11.1 Å². The molecule has 20 heavy (non-hydrogen) atoms. The number of ether oxygens (including phenoxy) is 1. The summed E-state index contributed by atoms with van der Waals surface area (Å²) in [5, 5.41) is 2.45. The van der Waals surface area contributed by atoms with Crippen LogP contribution in [-0.4, -0.2) is 51.5 Å². The monoisotopic (exact) mass is 299 g/mol. The third-order valence-corrected chi connectivity index (χ3v) is 5.12. The number of nitrogen functional groups attached to an aromatic ring is 1. The highest BCUT2D eigenvalue weighted by atomic mass is 32.2. The Bertz CT molecular complexity index is 602. The van der Waals surface area contributed by atoms with E-state index in [1.807, 2.05) is 0 Å². The molecular formula is C12H17N3O4S. The van der Waals surface area contributed by atoms with Crippen molar-refractivity contribution < 1.29 is 17.9 Å². The maximum absolute atomic E-state index is 12.6. The lowest BCUT2D eigenvalue weighted by atomic mass is 10.2. The third-order valence-electron chi connectivity index (χ3n) is 3.13. The molecule has 1 saturated heterocycles. The summed E-state index contributed by atoms with van der Waals surface area (Å²) >= 11 is 0. The van der Waals surface area contributed by atoms with Crippen molar-refractivity contribution in [1.82, 2.24) is 9.62 Å². The van der Waals surface area contributed by atoms with Crippen LogP contribution in [0.3, 0.4) is 0 Å². The van der Waals surface area contributed by atoms with E-state index in [9.17, 15) is 13.2 Å². The smallest absolute Gasteiger partial charge is 0.246 e. The second-order valence-electron chi connectivity index (χ2n) is 4.36. The zero-order valence-corrected chi connectivity index (χ0v) is 11.9. The minimum Gasteiger partial charge on any atom is -0.398 e. The molecule has 1 heterocycles. The van der Waals surface area contributed by atoms with Crippen molar-refractivity contribution in [3.8, 4) is 0 Å². The van der Waals surface area contributed by atoms with Gasteiger partial charge in [0.2, 0.25) is 15.9 Å². The topological polar surface area (TPSA) is 102 Å². The van der Waals surface area contributed by atoms with Crippen LogP contribution in [0.1, 0.15) is 0 Å². The second kappa shape index (κ2) is 5.78. The van der Waals surface area contributed by atoms with Gasteiger partial charge in [0, 0.05) is 13.6 Å². The number of sulfonamides is 1. The van der Waals surface area contributed by atoms with E-state index in [1.165, 1.54) is 19.2 Å². The van der Waals surface area contributed by atoms with Crippen molar-refractivity contribution in [2.75, 3.05) is 32.5 Å². The Kier molecular flexibility index (Phi) is 4.26. The zero-order chi connectivity index (χ0) is 14.8. The molecule has 0 radical (unpaired) electrons. The van der Waals surface area contributed by atoms with Crippen LogP contribution in [0.15, 0.2) is 29.2 Å². The Balaban J connectivity index is 2.41. The number of para-hydroxylation sites is 1. The summed E-state index contributed by atoms with van der Waals surface area (Å²) in [6.07, 6.45) is 0. The molecule has 2 rings (SSSR count). The molecule has 1 amide bonds. The third kappa shape index (κ3) is 2.62. The van der Waals surface area contributed by atoms with Gasteiger partial charge in [0.15, 0.2) is 0 Å². The zero-order valence-electron chi connectivity index (χ0n) is 11.1. The lowest BCUT2D eigenvalue weighted by molar-refractivity contribution is -0.128. The maximum atomic E-state index is 12.6. The predicted octanol–water partition coefficient (Wildman–Crippen LogP) is -0.596. The Hall–Kier alpha value is -1.64. The molecule has 7 nitrogen and oxygen atoms in total. The molecule has 0 aromatic heterocycles. The summed E-state index contributed by atoms with van der Waals surface area (Å²) in [7, 11) is -2.37. The number of nitrogens with one attached hydrogen (secondary N) is 1. The average molecular weight is 299 g/mol. The van der Waals surface area contributed by atoms with Crippen LogP contribution in [0, 0.1) is 0 Å². The number of anilines is 1. The molecule has 1 aliphatic rings. The number of hydrogen-bond acceptors (Lipinski definition) is 5. The fraction of sp³-hybridized carbons (Fsp3) is 0.417. The van der Waals surface area contributed by atoms with Crippen LogP contribution in [0.5, 0.6) is 0 Å². The second-order valence-corrected chi connectivity index (χ2v) is 6.22. The van der Waals surface area contributed by atoms with Crippen LogP contribution >= 0.6 is 0 Å². The van der Waals surface area contributed by atoms with Crippen LogP contribution in [0.25, 0.3) is 0 Å². The number of nitrogens with zero attached hydrogens (tertiary/aromatic N) is 1. The van der Waals surface area contributed by atoms with Gasteiger partial charge in [0.1, 0.15) is 10.9 Å². The van der Waals surface area contributed by atoms with Gasteiger partial charge in [-0.2, -0.15) is 4.31 Å².